The smallest absolute Gasteiger partial charge is 0.411 e. The monoisotopic (exact) mass is 360 g/mol. The predicted molar refractivity (Wildman–Crippen MR) is 104 cm³/mol. The molecule has 2 saturated carbocycles. The van der Waals surface area contributed by atoms with E-state index < -0.39 is 6.09 Å². The molecule has 4 nitrogen and oxygen atoms in total. The van der Waals surface area contributed by atoms with E-state index in [-0.39, 0.29) is 11.5 Å². The first-order chi connectivity index (χ1) is 13.2. The molecular weight excluding hydrogens is 336 g/mol. The summed E-state index contributed by atoms with van der Waals surface area (Å²) in [7, 11) is 0. The van der Waals surface area contributed by atoms with Crippen LogP contribution >= 0.6 is 0 Å². The molecule has 138 valence electrons. The summed E-state index contributed by atoms with van der Waals surface area (Å²) in [6, 6.07) is 19.7. The standard InChI is InChI=1S/C23H24N2O2/c24-16-17-5-4-8-20(15-17)25-22(26)27-21-11-14-23(21)12-9-19(10-13-23)18-6-2-1-3-7-18/h1-8,15,19,21H,9-14H2,(H,25,26). The highest BCUT2D eigenvalue weighted by molar-refractivity contribution is 5.85. The molecule has 0 aliphatic heterocycles. The van der Waals surface area contributed by atoms with Crippen LogP contribution in [0.3, 0.4) is 0 Å². The van der Waals surface area contributed by atoms with Gasteiger partial charge in [-0.2, -0.15) is 5.26 Å². The van der Waals surface area contributed by atoms with Crippen LogP contribution < -0.4 is 5.32 Å². The van der Waals surface area contributed by atoms with Crippen molar-refractivity contribution in [1.29, 1.82) is 5.26 Å². The van der Waals surface area contributed by atoms with Crippen LogP contribution in [0, 0.1) is 16.7 Å². The summed E-state index contributed by atoms with van der Waals surface area (Å²) in [6.07, 6.45) is 6.25. The SMILES string of the molecule is N#Cc1cccc(NC(=O)OC2CCC23CCC(c2ccccc2)CC3)c1. The Labute approximate surface area is 160 Å². The van der Waals surface area contributed by atoms with Crippen molar-refractivity contribution in [3.63, 3.8) is 0 Å². The predicted octanol–water partition coefficient (Wildman–Crippen LogP) is 5.61. The van der Waals surface area contributed by atoms with Gasteiger partial charge in [0.25, 0.3) is 0 Å². The largest absolute Gasteiger partial charge is 0.445 e. The lowest BCUT2D eigenvalue weighted by atomic mass is 9.56. The van der Waals surface area contributed by atoms with Crippen LogP contribution in [0.2, 0.25) is 0 Å². The average Bonchev–Trinajstić information content (AvgIpc) is 2.72. The third-order valence-electron chi connectivity index (χ3n) is 6.33. The van der Waals surface area contributed by atoms with Gasteiger partial charge in [0.05, 0.1) is 11.6 Å². The maximum atomic E-state index is 12.3. The van der Waals surface area contributed by atoms with E-state index in [4.69, 9.17) is 10.00 Å². The zero-order chi connectivity index (χ0) is 18.7. The minimum atomic E-state index is -0.417. The molecule has 0 radical (unpaired) electrons. The molecule has 4 rings (SSSR count). The summed E-state index contributed by atoms with van der Waals surface area (Å²) >= 11 is 0. The van der Waals surface area contributed by atoms with Gasteiger partial charge in [-0.3, -0.25) is 5.32 Å². The van der Waals surface area contributed by atoms with E-state index in [1.54, 1.807) is 24.3 Å². The Morgan fingerprint density at radius 2 is 1.78 bits per heavy atom. The Kier molecular flexibility index (Phi) is 4.85. The van der Waals surface area contributed by atoms with Crippen molar-refractivity contribution >= 4 is 11.8 Å². The van der Waals surface area contributed by atoms with E-state index >= 15 is 0 Å². The van der Waals surface area contributed by atoms with Crippen molar-refractivity contribution in [2.75, 3.05) is 5.32 Å². The summed E-state index contributed by atoms with van der Waals surface area (Å²) in [4.78, 5) is 12.3. The summed E-state index contributed by atoms with van der Waals surface area (Å²) in [6.45, 7) is 0. The Bertz CT molecular complexity index is 848. The maximum absolute atomic E-state index is 12.3. The lowest BCUT2D eigenvalue weighted by Crippen LogP contribution is -2.49. The number of nitriles is 1. The number of carbonyl (C=O) groups is 1. The van der Waals surface area contributed by atoms with Gasteiger partial charge in [0.1, 0.15) is 6.10 Å². The van der Waals surface area contributed by atoms with Crippen molar-refractivity contribution in [2.24, 2.45) is 5.41 Å². The maximum Gasteiger partial charge on any atom is 0.411 e. The molecule has 2 fully saturated rings. The number of hydrogen-bond donors (Lipinski definition) is 1. The fourth-order valence-electron chi connectivity index (χ4n) is 4.62. The highest BCUT2D eigenvalue weighted by Gasteiger charge is 2.50. The fourth-order valence-corrected chi connectivity index (χ4v) is 4.62. The quantitative estimate of drug-likeness (QED) is 0.773. The van der Waals surface area contributed by atoms with Crippen LogP contribution in [0.1, 0.15) is 55.6 Å². The van der Waals surface area contributed by atoms with Crippen LogP contribution in [0.4, 0.5) is 10.5 Å². The minimum Gasteiger partial charge on any atom is -0.445 e. The first-order valence-electron chi connectivity index (χ1n) is 9.71. The zero-order valence-electron chi connectivity index (χ0n) is 15.4. The van der Waals surface area contributed by atoms with Crippen LogP contribution in [-0.2, 0) is 4.74 Å². The number of benzene rings is 2. The second kappa shape index (κ2) is 7.44. The van der Waals surface area contributed by atoms with Gasteiger partial charge < -0.3 is 4.74 Å². The number of nitrogens with one attached hydrogen (secondary N) is 1. The Hall–Kier alpha value is -2.80. The van der Waals surface area contributed by atoms with Gasteiger partial charge >= 0.3 is 6.09 Å². The number of rotatable bonds is 3. The highest BCUT2D eigenvalue weighted by atomic mass is 16.6. The minimum absolute atomic E-state index is 0.00775. The molecule has 0 aromatic heterocycles. The molecule has 1 amide bonds. The number of anilines is 1. The van der Waals surface area contributed by atoms with Crippen molar-refractivity contribution in [2.45, 2.75) is 50.5 Å². The molecule has 2 aromatic carbocycles. The van der Waals surface area contributed by atoms with Gasteiger partial charge in [0.15, 0.2) is 0 Å². The number of hydrogen-bond acceptors (Lipinski definition) is 3. The molecule has 0 saturated heterocycles. The zero-order valence-corrected chi connectivity index (χ0v) is 15.4. The molecule has 2 aliphatic carbocycles. The average molecular weight is 360 g/mol. The van der Waals surface area contributed by atoms with E-state index in [2.05, 4.69) is 41.7 Å². The Morgan fingerprint density at radius 3 is 2.44 bits per heavy atom. The molecule has 2 aliphatic rings. The summed E-state index contributed by atoms with van der Waals surface area (Å²) < 4.78 is 5.77. The lowest BCUT2D eigenvalue weighted by molar-refractivity contribution is -0.0915. The van der Waals surface area contributed by atoms with E-state index in [1.807, 2.05) is 0 Å². The first kappa shape index (κ1) is 17.6. The first-order valence-corrected chi connectivity index (χ1v) is 9.71. The third kappa shape index (κ3) is 3.68. The Balaban J connectivity index is 1.33. The second-order valence-corrected chi connectivity index (χ2v) is 7.80. The van der Waals surface area contributed by atoms with Gasteiger partial charge in [-0.05, 0) is 68.2 Å². The van der Waals surface area contributed by atoms with Gasteiger partial charge in [-0.15, -0.1) is 0 Å². The normalized spacial score (nSPS) is 26.6. The number of ether oxygens (including phenoxy) is 1. The molecule has 1 spiro atoms. The molecule has 1 N–H and O–H groups in total. The molecule has 4 heteroatoms. The Morgan fingerprint density at radius 1 is 1.04 bits per heavy atom. The number of nitrogens with zero attached hydrogens (tertiary/aromatic N) is 1. The van der Waals surface area contributed by atoms with Gasteiger partial charge in [-0.1, -0.05) is 36.4 Å². The van der Waals surface area contributed by atoms with Crippen molar-refractivity contribution in [1.82, 2.24) is 0 Å². The number of carbonyl (C=O) groups excluding carboxylic acids is 1. The highest BCUT2D eigenvalue weighted by Crippen LogP contribution is 2.55. The van der Waals surface area contributed by atoms with Crippen LogP contribution in [-0.4, -0.2) is 12.2 Å². The van der Waals surface area contributed by atoms with Crippen LogP contribution in [0.15, 0.2) is 54.6 Å². The van der Waals surface area contributed by atoms with E-state index in [0.717, 1.165) is 38.5 Å². The number of amides is 1. The van der Waals surface area contributed by atoms with Gasteiger partial charge in [0, 0.05) is 11.1 Å². The molecule has 1 atom stereocenters. The van der Waals surface area contributed by atoms with Crippen molar-refractivity contribution in [3.8, 4) is 6.07 Å². The van der Waals surface area contributed by atoms with Gasteiger partial charge in [0.2, 0.25) is 0 Å². The molecule has 2 aromatic rings. The van der Waals surface area contributed by atoms with Crippen molar-refractivity contribution in [3.05, 3.63) is 65.7 Å². The van der Waals surface area contributed by atoms with E-state index in [0.29, 0.717) is 17.2 Å². The van der Waals surface area contributed by atoms with E-state index in [9.17, 15) is 4.79 Å². The van der Waals surface area contributed by atoms with Gasteiger partial charge in [-0.25, -0.2) is 4.79 Å². The molecule has 27 heavy (non-hydrogen) atoms. The van der Waals surface area contributed by atoms with E-state index in [1.165, 1.54) is 5.56 Å². The molecule has 1 unspecified atom stereocenters. The van der Waals surface area contributed by atoms with Crippen LogP contribution in [0.25, 0.3) is 0 Å². The molecular formula is C23H24N2O2. The summed E-state index contributed by atoms with van der Waals surface area (Å²) in [5.41, 5.74) is 2.71. The molecule has 0 bridgehead atoms. The summed E-state index contributed by atoms with van der Waals surface area (Å²) in [5.74, 6) is 0.626. The third-order valence-corrected chi connectivity index (χ3v) is 6.33. The fraction of sp³-hybridized carbons (Fsp3) is 0.391. The second-order valence-electron chi connectivity index (χ2n) is 7.80. The lowest BCUT2D eigenvalue weighted by Gasteiger charge is -2.52. The topological polar surface area (TPSA) is 62.1 Å². The summed E-state index contributed by atoms with van der Waals surface area (Å²) in [5, 5.41) is 11.7. The van der Waals surface area contributed by atoms with Crippen LogP contribution in [0.5, 0.6) is 0 Å². The van der Waals surface area contributed by atoms with Crippen molar-refractivity contribution < 1.29 is 9.53 Å². The molecule has 0 heterocycles.